The molecule has 0 aliphatic carbocycles. The third-order valence-corrected chi connectivity index (χ3v) is 4.74. The van der Waals surface area contributed by atoms with E-state index in [9.17, 15) is 9.59 Å². The molecule has 0 radical (unpaired) electrons. The van der Waals surface area contributed by atoms with Crippen molar-refractivity contribution in [2.45, 2.75) is 33.2 Å². The smallest absolute Gasteiger partial charge is 0.248 e. The highest BCUT2D eigenvalue weighted by atomic mass is 35.5. The van der Waals surface area contributed by atoms with E-state index in [0.29, 0.717) is 21.6 Å². The molecule has 134 valence electrons. The van der Waals surface area contributed by atoms with Crippen LogP contribution in [0.4, 0.5) is 5.13 Å². The van der Waals surface area contributed by atoms with E-state index in [1.807, 2.05) is 26.0 Å². The molecule has 1 aromatic carbocycles. The number of halogens is 2. The Hall–Kier alpha value is -1.63. The van der Waals surface area contributed by atoms with Crippen molar-refractivity contribution >= 4 is 51.5 Å². The van der Waals surface area contributed by atoms with E-state index in [0.717, 1.165) is 10.4 Å². The Morgan fingerprint density at radius 2 is 1.84 bits per heavy atom. The predicted octanol–water partition coefficient (Wildman–Crippen LogP) is 4.14. The van der Waals surface area contributed by atoms with Crippen LogP contribution in [0.3, 0.4) is 0 Å². The second kappa shape index (κ2) is 8.65. The molecular formula is C17H19Cl2N3O2S. The summed E-state index contributed by atoms with van der Waals surface area (Å²) in [5, 5.41) is 7.06. The molecule has 0 aliphatic heterocycles. The van der Waals surface area contributed by atoms with Gasteiger partial charge in [-0.05, 0) is 29.7 Å². The van der Waals surface area contributed by atoms with E-state index in [-0.39, 0.29) is 17.7 Å². The number of benzene rings is 1. The first-order chi connectivity index (χ1) is 11.7. The third kappa shape index (κ3) is 5.99. The first-order valence-corrected chi connectivity index (χ1v) is 9.29. The average molecular weight is 400 g/mol. The highest BCUT2D eigenvalue weighted by Gasteiger charge is 2.23. The lowest BCUT2D eigenvalue weighted by Crippen LogP contribution is -2.46. The monoisotopic (exact) mass is 399 g/mol. The predicted molar refractivity (Wildman–Crippen MR) is 102 cm³/mol. The van der Waals surface area contributed by atoms with E-state index in [1.54, 1.807) is 12.3 Å². The summed E-state index contributed by atoms with van der Waals surface area (Å²) in [6.45, 7) is 5.13. The van der Waals surface area contributed by atoms with Gasteiger partial charge in [-0.15, -0.1) is 11.3 Å². The van der Waals surface area contributed by atoms with Gasteiger partial charge in [-0.1, -0.05) is 37.0 Å². The number of nitrogens with one attached hydrogen (secondary N) is 2. The van der Waals surface area contributed by atoms with Gasteiger partial charge in [-0.3, -0.25) is 9.59 Å². The quantitative estimate of drug-likeness (QED) is 0.766. The van der Waals surface area contributed by atoms with Gasteiger partial charge >= 0.3 is 0 Å². The Morgan fingerprint density at radius 3 is 2.40 bits per heavy atom. The van der Waals surface area contributed by atoms with Crippen molar-refractivity contribution in [3.05, 3.63) is 44.9 Å². The maximum Gasteiger partial charge on any atom is 0.248 e. The van der Waals surface area contributed by atoms with Crippen LogP contribution in [0.1, 0.15) is 31.2 Å². The first-order valence-electron chi connectivity index (χ1n) is 7.72. The van der Waals surface area contributed by atoms with Crippen LogP contribution in [0, 0.1) is 5.92 Å². The maximum absolute atomic E-state index is 12.4. The SMILES string of the molecule is CC(=O)N[C@H](C(=O)Nc1ncc(Cc2cc(Cl)cc(Cl)c2)s1)C(C)C. The molecule has 2 N–H and O–H groups in total. The summed E-state index contributed by atoms with van der Waals surface area (Å²) in [5.74, 6) is -0.555. The van der Waals surface area contributed by atoms with E-state index < -0.39 is 6.04 Å². The summed E-state index contributed by atoms with van der Waals surface area (Å²) in [7, 11) is 0. The van der Waals surface area contributed by atoms with Gasteiger partial charge in [0.2, 0.25) is 11.8 Å². The normalized spacial score (nSPS) is 12.1. The Balaban J connectivity index is 2.05. The molecule has 1 atom stereocenters. The summed E-state index contributed by atoms with van der Waals surface area (Å²) in [5.41, 5.74) is 0.970. The fourth-order valence-electron chi connectivity index (χ4n) is 2.30. The van der Waals surface area contributed by atoms with Crippen LogP contribution < -0.4 is 10.6 Å². The highest BCUT2D eigenvalue weighted by Crippen LogP contribution is 2.25. The van der Waals surface area contributed by atoms with Crippen LogP contribution in [0.5, 0.6) is 0 Å². The van der Waals surface area contributed by atoms with E-state index in [1.165, 1.54) is 18.3 Å². The van der Waals surface area contributed by atoms with Crippen molar-refractivity contribution in [3.63, 3.8) is 0 Å². The lowest BCUT2D eigenvalue weighted by atomic mass is 10.0. The van der Waals surface area contributed by atoms with Crippen LogP contribution in [-0.2, 0) is 16.0 Å². The minimum Gasteiger partial charge on any atom is -0.344 e. The van der Waals surface area contributed by atoms with Crippen molar-refractivity contribution in [2.75, 3.05) is 5.32 Å². The first kappa shape index (κ1) is 19.7. The van der Waals surface area contributed by atoms with Gasteiger partial charge in [-0.2, -0.15) is 0 Å². The van der Waals surface area contributed by atoms with Gasteiger partial charge in [0.25, 0.3) is 0 Å². The lowest BCUT2D eigenvalue weighted by Gasteiger charge is -2.20. The van der Waals surface area contributed by atoms with Gasteiger partial charge < -0.3 is 10.6 Å². The van der Waals surface area contributed by atoms with Crippen LogP contribution >= 0.6 is 34.5 Å². The topological polar surface area (TPSA) is 71.1 Å². The number of aromatic nitrogens is 1. The molecule has 0 saturated heterocycles. The van der Waals surface area contributed by atoms with Gasteiger partial charge in [0.05, 0.1) is 0 Å². The number of anilines is 1. The number of carbonyl (C=O) groups excluding carboxylic acids is 2. The molecule has 2 rings (SSSR count). The Morgan fingerprint density at radius 1 is 1.20 bits per heavy atom. The van der Waals surface area contributed by atoms with Gasteiger partial charge in [0.1, 0.15) is 6.04 Å². The number of carbonyl (C=O) groups is 2. The Bertz CT molecular complexity index is 757. The van der Waals surface area contributed by atoms with Crippen LogP contribution in [0.15, 0.2) is 24.4 Å². The summed E-state index contributed by atoms with van der Waals surface area (Å²) in [6.07, 6.45) is 2.32. The average Bonchev–Trinajstić information content (AvgIpc) is 2.90. The zero-order valence-electron chi connectivity index (χ0n) is 14.1. The summed E-state index contributed by atoms with van der Waals surface area (Å²) < 4.78 is 0. The third-order valence-electron chi connectivity index (χ3n) is 3.39. The molecule has 2 amide bonds. The number of hydrogen-bond donors (Lipinski definition) is 2. The number of thiazole rings is 1. The second-order valence-electron chi connectivity index (χ2n) is 6.00. The molecule has 0 unspecified atom stereocenters. The molecule has 5 nitrogen and oxygen atoms in total. The number of rotatable bonds is 6. The Labute approximate surface area is 160 Å². The fraction of sp³-hybridized carbons (Fsp3) is 0.353. The highest BCUT2D eigenvalue weighted by molar-refractivity contribution is 7.15. The largest absolute Gasteiger partial charge is 0.344 e. The zero-order valence-corrected chi connectivity index (χ0v) is 16.4. The number of hydrogen-bond acceptors (Lipinski definition) is 4. The summed E-state index contributed by atoms with van der Waals surface area (Å²) in [6, 6.07) is 4.77. The molecule has 0 bridgehead atoms. The van der Waals surface area contributed by atoms with E-state index >= 15 is 0 Å². The molecule has 8 heteroatoms. The summed E-state index contributed by atoms with van der Waals surface area (Å²) in [4.78, 5) is 28.8. The second-order valence-corrected chi connectivity index (χ2v) is 7.99. The van der Waals surface area contributed by atoms with Gasteiger partial charge in [0, 0.05) is 34.5 Å². The van der Waals surface area contributed by atoms with Crippen molar-refractivity contribution in [2.24, 2.45) is 5.92 Å². The van der Waals surface area contributed by atoms with E-state index in [4.69, 9.17) is 23.2 Å². The zero-order chi connectivity index (χ0) is 18.6. The van der Waals surface area contributed by atoms with Gasteiger partial charge in [0.15, 0.2) is 5.13 Å². The fourth-order valence-corrected chi connectivity index (χ4v) is 3.72. The molecule has 1 heterocycles. The standard InChI is InChI=1S/C17H19Cl2N3O2S/c1-9(2)15(21-10(3)23)16(24)22-17-20-8-14(25-17)6-11-4-12(18)7-13(19)5-11/h4-5,7-9,15H,6H2,1-3H3,(H,21,23)(H,20,22,24)/t15-/m0/s1. The van der Waals surface area contributed by atoms with Crippen molar-refractivity contribution < 1.29 is 9.59 Å². The number of nitrogens with zero attached hydrogens (tertiary/aromatic N) is 1. The maximum atomic E-state index is 12.4. The molecule has 1 aromatic heterocycles. The molecule has 0 fully saturated rings. The molecule has 0 spiro atoms. The Kier molecular flexibility index (Phi) is 6.81. The van der Waals surface area contributed by atoms with Crippen molar-refractivity contribution in [3.8, 4) is 0 Å². The van der Waals surface area contributed by atoms with Gasteiger partial charge in [-0.25, -0.2) is 4.98 Å². The minimum absolute atomic E-state index is 0.0306. The van der Waals surface area contributed by atoms with E-state index in [2.05, 4.69) is 15.6 Å². The minimum atomic E-state index is -0.600. The molecular weight excluding hydrogens is 381 g/mol. The molecule has 2 aromatic rings. The lowest BCUT2D eigenvalue weighted by molar-refractivity contribution is -0.126. The van der Waals surface area contributed by atoms with Crippen molar-refractivity contribution in [1.29, 1.82) is 0 Å². The van der Waals surface area contributed by atoms with Crippen LogP contribution in [0.2, 0.25) is 10.0 Å². The molecule has 0 saturated carbocycles. The molecule has 0 aliphatic rings. The number of amides is 2. The van der Waals surface area contributed by atoms with Crippen LogP contribution in [0.25, 0.3) is 0 Å². The van der Waals surface area contributed by atoms with Crippen LogP contribution in [-0.4, -0.2) is 22.8 Å². The summed E-state index contributed by atoms with van der Waals surface area (Å²) >= 11 is 13.4. The van der Waals surface area contributed by atoms with Crippen molar-refractivity contribution in [1.82, 2.24) is 10.3 Å². The molecule has 25 heavy (non-hydrogen) atoms.